The maximum Gasteiger partial charge on any atom is 0.101 e. The van der Waals surface area contributed by atoms with Crippen LogP contribution >= 0.6 is 0 Å². The molecule has 0 aliphatic rings. The lowest BCUT2D eigenvalue weighted by Gasteiger charge is -2.07. The molecule has 0 aromatic carbocycles. The second kappa shape index (κ2) is 7.84. The molecule has 0 radical (unpaired) electrons. The molecular weight excluding hydrogens is 208 g/mol. The highest BCUT2D eigenvalue weighted by molar-refractivity contribution is 5.26. The molecule has 0 aliphatic heterocycles. The third-order valence-corrected chi connectivity index (χ3v) is 3.28. The van der Waals surface area contributed by atoms with E-state index in [4.69, 9.17) is 5.26 Å². The van der Waals surface area contributed by atoms with Crippen molar-refractivity contribution in [3.05, 3.63) is 29.6 Å². The third-order valence-electron chi connectivity index (χ3n) is 3.28. The number of unbranched alkanes of at least 4 members (excludes halogenated alkanes) is 2. The highest BCUT2D eigenvalue weighted by Gasteiger charge is 1.99. The first-order chi connectivity index (χ1) is 8.26. The first-order valence-electron chi connectivity index (χ1n) is 6.61. The van der Waals surface area contributed by atoms with Gasteiger partial charge >= 0.3 is 0 Å². The number of hydrogen-bond acceptors (Lipinski definition) is 2. The molecule has 1 atom stereocenters. The molecule has 0 saturated carbocycles. The summed E-state index contributed by atoms with van der Waals surface area (Å²) in [5.74, 6) is 0.864. The van der Waals surface area contributed by atoms with Crippen LogP contribution in [0.25, 0.3) is 0 Å². The van der Waals surface area contributed by atoms with E-state index in [1.807, 2.05) is 12.1 Å². The SMILES string of the molecule is CCC(C)CCCCCc1ccc(C#N)cn1. The standard InChI is InChI=1S/C15H22N2/c1-3-13(2)7-5-4-6-8-15-10-9-14(11-16)12-17-15/h9-10,12-13H,3-8H2,1-2H3. The van der Waals surface area contributed by atoms with Gasteiger partial charge in [-0.25, -0.2) is 0 Å². The van der Waals surface area contributed by atoms with E-state index in [0.29, 0.717) is 5.56 Å². The number of nitrogens with zero attached hydrogens (tertiary/aromatic N) is 2. The van der Waals surface area contributed by atoms with E-state index in [-0.39, 0.29) is 0 Å². The van der Waals surface area contributed by atoms with Crippen molar-refractivity contribution in [3.8, 4) is 6.07 Å². The van der Waals surface area contributed by atoms with Gasteiger partial charge in [0.1, 0.15) is 6.07 Å². The highest BCUT2D eigenvalue weighted by atomic mass is 14.7. The topological polar surface area (TPSA) is 36.7 Å². The molecule has 17 heavy (non-hydrogen) atoms. The van der Waals surface area contributed by atoms with Crippen LogP contribution in [-0.4, -0.2) is 4.98 Å². The number of aryl methyl sites for hydroxylation is 1. The Labute approximate surface area is 105 Å². The summed E-state index contributed by atoms with van der Waals surface area (Å²) in [6, 6.07) is 5.90. The fourth-order valence-corrected chi connectivity index (χ4v) is 1.82. The summed E-state index contributed by atoms with van der Waals surface area (Å²) >= 11 is 0. The van der Waals surface area contributed by atoms with Crippen molar-refractivity contribution >= 4 is 0 Å². The van der Waals surface area contributed by atoms with E-state index in [1.165, 1.54) is 32.1 Å². The molecule has 0 aliphatic carbocycles. The van der Waals surface area contributed by atoms with Crippen molar-refractivity contribution in [2.45, 2.75) is 52.4 Å². The zero-order chi connectivity index (χ0) is 12.5. The lowest BCUT2D eigenvalue weighted by Crippen LogP contribution is -1.94. The molecule has 92 valence electrons. The van der Waals surface area contributed by atoms with Gasteiger partial charge in [-0.05, 0) is 30.9 Å². The van der Waals surface area contributed by atoms with E-state index in [0.717, 1.165) is 18.0 Å². The Morgan fingerprint density at radius 3 is 2.71 bits per heavy atom. The molecule has 0 bridgehead atoms. The van der Waals surface area contributed by atoms with Gasteiger partial charge in [0.25, 0.3) is 0 Å². The third kappa shape index (κ3) is 5.49. The van der Waals surface area contributed by atoms with Gasteiger partial charge in [0.05, 0.1) is 5.56 Å². The number of rotatable bonds is 7. The van der Waals surface area contributed by atoms with Gasteiger partial charge in [0, 0.05) is 11.9 Å². The van der Waals surface area contributed by atoms with E-state index in [1.54, 1.807) is 6.20 Å². The molecule has 1 unspecified atom stereocenters. The summed E-state index contributed by atoms with van der Waals surface area (Å²) in [4.78, 5) is 4.28. The predicted octanol–water partition coefficient (Wildman–Crippen LogP) is 4.10. The highest BCUT2D eigenvalue weighted by Crippen LogP contribution is 2.13. The molecule has 1 aromatic heterocycles. The Morgan fingerprint density at radius 1 is 1.29 bits per heavy atom. The molecule has 0 fully saturated rings. The van der Waals surface area contributed by atoms with Crippen LogP contribution in [0.2, 0.25) is 0 Å². The zero-order valence-corrected chi connectivity index (χ0v) is 10.9. The van der Waals surface area contributed by atoms with E-state index in [9.17, 15) is 0 Å². The van der Waals surface area contributed by atoms with Crippen molar-refractivity contribution in [2.75, 3.05) is 0 Å². The Bertz CT molecular complexity index is 348. The smallest absolute Gasteiger partial charge is 0.101 e. The Morgan fingerprint density at radius 2 is 2.12 bits per heavy atom. The first-order valence-corrected chi connectivity index (χ1v) is 6.61. The maximum atomic E-state index is 8.66. The minimum absolute atomic E-state index is 0.644. The van der Waals surface area contributed by atoms with Crippen LogP contribution in [0.3, 0.4) is 0 Å². The van der Waals surface area contributed by atoms with E-state index in [2.05, 4.69) is 24.9 Å². The van der Waals surface area contributed by atoms with Crippen LogP contribution in [-0.2, 0) is 6.42 Å². The number of pyridine rings is 1. The molecule has 1 aromatic rings. The average molecular weight is 230 g/mol. The van der Waals surface area contributed by atoms with Crippen LogP contribution in [0.5, 0.6) is 0 Å². The van der Waals surface area contributed by atoms with Gasteiger partial charge < -0.3 is 0 Å². The Balaban J connectivity index is 2.16. The minimum Gasteiger partial charge on any atom is -0.260 e. The molecule has 0 saturated heterocycles. The van der Waals surface area contributed by atoms with Crippen LogP contribution in [0.1, 0.15) is 57.2 Å². The molecule has 2 heteroatoms. The monoisotopic (exact) mass is 230 g/mol. The van der Waals surface area contributed by atoms with Crippen LogP contribution in [0, 0.1) is 17.2 Å². The lowest BCUT2D eigenvalue weighted by molar-refractivity contribution is 0.478. The summed E-state index contributed by atoms with van der Waals surface area (Å²) in [7, 11) is 0. The minimum atomic E-state index is 0.644. The molecule has 0 spiro atoms. The summed E-state index contributed by atoms with van der Waals surface area (Å²) in [5, 5.41) is 8.66. The van der Waals surface area contributed by atoms with Crippen LogP contribution in [0.4, 0.5) is 0 Å². The second-order valence-corrected chi connectivity index (χ2v) is 4.76. The normalized spacial score (nSPS) is 12.1. The molecule has 0 amide bonds. The fourth-order valence-electron chi connectivity index (χ4n) is 1.82. The average Bonchev–Trinajstić information content (AvgIpc) is 2.38. The fraction of sp³-hybridized carbons (Fsp3) is 0.600. The molecule has 1 rings (SSSR count). The van der Waals surface area contributed by atoms with E-state index < -0.39 is 0 Å². The van der Waals surface area contributed by atoms with Gasteiger partial charge in [-0.3, -0.25) is 4.98 Å². The lowest BCUT2D eigenvalue weighted by atomic mass is 10.00. The Hall–Kier alpha value is -1.36. The summed E-state index contributed by atoms with van der Waals surface area (Å²) in [6.45, 7) is 4.58. The van der Waals surface area contributed by atoms with Crippen LogP contribution < -0.4 is 0 Å². The van der Waals surface area contributed by atoms with Gasteiger partial charge in [0.15, 0.2) is 0 Å². The zero-order valence-electron chi connectivity index (χ0n) is 10.9. The van der Waals surface area contributed by atoms with Crippen molar-refractivity contribution < 1.29 is 0 Å². The van der Waals surface area contributed by atoms with Crippen LogP contribution in [0.15, 0.2) is 18.3 Å². The van der Waals surface area contributed by atoms with Gasteiger partial charge in [-0.1, -0.05) is 39.5 Å². The summed E-state index contributed by atoms with van der Waals surface area (Å²) < 4.78 is 0. The number of nitriles is 1. The van der Waals surface area contributed by atoms with Crippen molar-refractivity contribution in [1.29, 1.82) is 5.26 Å². The maximum absolute atomic E-state index is 8.66. The van der Waals surface area contributed by atoms with Gasteiger partial charge in [-0.2, -0.15) is 5.26 Å². The summed E-state index contributed by atoms with van der Waals surface area (Å²) in [6.07, 6.45) is 9.14. The quantitative estimate of drug-likeness (QED) is 0.661. The molecular formula is C15H22N2. The second-order valence-electron chi connectivity index (χ2n) is 4.76. The summed E-state index contributed by atoms with van der Waals surface area (Å²) in [5.41, 5.74) is 1.75. The molecule has 2 nitrogen and oxygen atoms in total. The van der Waals surface area contributed by atoms with Gasteiger partial charge in [-0.15, -0.1) is 0 Å². The largest absolute Gasteiger partial charge is 0.260 e. The number of aromatic nitrogens is 1. The number of hydrogen-bond donors (Lipinski definition) is 0. The first kappa shape index (κ1) is 13.7. The van der Waals surface area contributed by atoms with Crippen molar-refractivity contribution in [2.24, 2.45) is 5.92 Å². The predicted molar refractivity (Wildman–Crippen MR) is 70.6 cm³/mol. The molecule has 1 heterocycles. The Kier molecular flexibility index (Phi) is 6.32. The van der Waals surface area contributed by atoms with Crippen molar-refractivity contribution in [3.63, 3.8) is 0 Å². The van der Waals surface area contributed by atoms with Gasteiger partial charge in [0.2, 0.25) is 0 Å². The molecule has 0 N–H and O–H groups in total. The van der Waals surface area contributed by atoms with Crippen molar-refractivity contribution in [1.82, 2.24) is 4.98 Å². The van der Waals surface area contributed by atoms with E-state index >= 15 is 0 Å².